The summed E-state index contributed by atoms with van der Waals surface area (Å²) in [6.07, 6.45) is 2.53. The number of carboxylic acids is 1. The highest BCUT2D eigenvalue weighted by Gasteiger charge is 2.43. The fourth-order valence-corrected chi connectivity index (χ4v) is 2.18. The van der Waals surface area contributed by atoms with Crippen LogP contribution in [0, 0.1) is 0 Å². The highest BCUT2D eigenvalue weighted by atomic mass is 16.5. The van der Waals surface area contributed by atoms with Crippen molar-refractivity contribution in [1.29, 1.82) is 0 Å². The van der Waals surface area contributed by atoms with Gasteiger partial charge in [0.25, 0.3) is 0 Å². The molecule has 1 unspecified atom stereocenters. The number of carbonyl (C=O) groups is 2. The van der Waals surface area contributed by atoms with Crippen molar-refractivity contribution in [2.75, 3.05) is 19.8 Å². The molecule has 1 amide bonds. The van der Waals surface area contributed by atoms with Gasteiger partial charge in [-0.2, -0.15) is 0 Å². The zero-order valence-electron chi connectivity index (χ0n) is 10.6. The summed E-state index contributed by atoms with van der Waals surface area (Å²) in [5.41, 5.74) is -1.04. The lowest BCUT2D eigenvalue weighted by Gasteiger charge is -2.41. The number of nitrogens with zero attached hydrogens (tertiary/aromatic N) is 1. The van der Waals surface area contributed by atoms with Crippen LogP contribution in [0.1, 0.15) is 39.5 Å². The Morgan fingerprint density at radius 3 is 2.71 bits per heavy atom. The number of ether oxygens (including phenoxy) is 1. The third-order valence-electron chi connectivity index (χ3n) is 3.32. The molecule has 1 atom stereocenters. The molecule has 0 aromatic rings. The van der Waals surface area contributed by atoms with Gasteiger partial charge in [0.15, 0.2) is 0 Å². The van der Waals surface area contributed by atoms with E-state index in [1.807, 2.05) is 6.92 Å². The molecule has 0 radical (unpaired) electrons. The largest absolute Gasteiger partial charge is 0.480 e. The molecule has 0 bridgehead atoms. The van der Waals surface area contributed by atoms with Crippen LogP contribution in [0.3, 0.4) is 0 Å². The van der Waals surface area contributed by atoms with E-state index in [1.54, 1.807) is 6.92 Å². The normalized spacial score (nSPS) is 24.7. The van der Waals surface area contributed by atoms with E-state index in [9.17, 15) is 14.7 Å². The summed E-state index contributed by atoms with van der Waals surface area (Å²) in [6.45, 7) is 4.97. The third-order valence-corrected chi connectivity index (χ3v) is 3.32. The summed E-state index contributed by atoms with van der Waals surface area (Å²) in [6, 6.07) is 0. The first kappa shape index (κ1) is 14.0. The van der Waals surface area contributed by atoms with Gasteiger partial charge < -0.3 is 14.7 Å². The molecule has 0 saturated carbocycles. The first-order valence-electron chi connectivity index (χ1n) is 6.14. The van der Waals surface area contributed by atoms with Crippen LogP contribution in [-0.4, -0.2) is 47.2 Å². The number of carboxylic acid groups (broad SMARTS) is 1. The topological polar surface area (TPSA) is 66.8 Å². The molecule has 0 aromatic heterocycles. The molecule has 1 N–H and O–H groups in total. The molecule has 0 aliphatic carbocycles. The molecule has 98 valence electrons. The molecule has 1 saturated heterocycles. The highest BCUT2D eigenvalue weighted by molar-refractivity contribution is 5.87. The zero-order chi connectivity index (χ0) is 12.9. The Bertz CT molecular complexity index is 292. The fraction of sp³-hybridized carbons (Fsp3) is 0.833. The number of rotatable bonds is 5. The van der Waals surface area contributed by atoms with Gasteiger partial charge in [0.1, 0.15) is 5.54 Å². The second-order valence-corrected chi connectivity index (χ2v) is 4.53. The van der Waals surface area contributed by atoms with Crippen molar-refractivity contribution >= 4 is 11.9 Å². The molecule has 0 aromatic carbocycles. The lowest BCUT2D eigenvalue weighted by atomic mass is 9.88. The lowest BCUT2D eigenvalue weighted by Crippen LogP contribution is -2.57. The summed E-state index contributed by atoms with van der Waals surface area (Å²) in [7, 11) is 0. The van der Waals surface area contributed by atoms with E-state index in [0.717, 1.165) is 12.8 Å². The average Bonchev–Trinajstić information content (AvgIpc) is 2.29. The van der Waals surface area contributed by atoms with Crippen molar-refractivity contribution in [2.45, 2.75) is 45.1 Å². The van der Waals surface area contributed by atoms with Crippen LogP contribution in [0.25, 0.3) is 0 Å². The van der Waals surface area contributed by atoms with E-state index >= 15 is 0 Å². The monoisotopic (exact) mass is 243 g/mol. The Kier molecular flexibility index (Phi) is 4.93. The Labute approximate surface area is 102 Å². The van der Waals surface area contributed by atoms with Gasteiger partial charge in [0, 0.05) is 13.2 Å². The molecular formula is C12H21NO4. The Balaban J connectivity index is 2.65. The summed E-state index contributed by atoms with van der Waals surface area (Å²) in [5.74, 6) is -1.04. The van der Waals surface area contributed by atoms with Gasteiger partial charge in [-0.15, -0.1) is 0 Å². The van der Waals surface area contributed by atoms with Gasteiger partial charge in [-0.3, -0.25) is 4.79 Å². The molecular weight excluding hydrogens is 222 g/mol. The maximum Gasteiger partial charge on any atom is 0.329 e. The molecule has 17 heavy (non-hydrogen) atoms. The summed E-state index contributed by atoms with van der Waals surface area (Å²) >= 11 is 0. The maximum absolute atomic E-state index is 12.0. The van der Waals surface area contributed by atoms with Crippen molar-refractivity contribution in [3.63, 3.8) is 0 Å². The first-order valence-corrected chi connectivity index (χ1v) is 6.14. The van der Waals surface area contributed by atoms with E-state index in [0.29, 0.717) is 26.2 Å². The minimum absolute atomic E-state index is 0.122. The quantitative estimate of drug-likeness (QED) is 0.738. The smallest absolute Gasteiger partial charge is 0.329 e. The molecule has 5 nitrogen and oxygen atoms in total. The van der Waals surface area contributed by atoms with Crippen molar-refractivity contribution < 1.29 is 19.4 Å². The molecule has 1 fully saturated rings. The first-order chi connectivity index (χ1) is 8.02. The number of hydrogen-bond acceptors (Lipinski definition) is 3. The van der Waals surface area contributed by atoms with Crippen LogP contribution < -0.4 is 0 Å². The lowest BCUT2D eigenvalue weighted by molar-refractivity contribution is -0.161. The van der Waals surface area contributed by atoms with Crippen LogP contribution in [0.4, 0.5) is 0 Å². The van der Waals surface area contributed by atoms with Crippen LogP contribution in [0.15, 0.2) is 0 Å². The Morgan fingerprint density at radius 1 is 1.41 bits per heavy atom. The SMILES string of the molecule is CCOCCC(=O)N1CCCCC1(C)C(=O)O. The van der Waals surface area contributed by atoms with E-state index in [-0.39, 0.29) is 12.3 Å². The van der Waals surface area contributed by atoms with Crippen molar-refractivity contribution in [2.24, 2.45) is 0 Å². The summed E-state index contributed by atoms with van der Waals surface area (Å²) in [4.78, 5) is 24.8. The molecule has 5 heteroatoms. The Morgan fingerprint density at radius 2 is 2.12 bits per heavy atom. The molecule has 1 aliphatic heterocycles. The highest BCUT2D eigenvalue weighted by Crippen LogP contribution is 2.28. The van der Waals surface area contributed by atoms with E-state index in [4.69, 9.17) is 4.74 Å². The maximum atomic E-state index is 12.0. The molecule has 1 rings (SSSR count). The minimum Gasteiger partial charge on any atom is -0.480 e. The van der Waals surface area contributed by atoms with Crippen LogP contribution in [-0.2, 0) is 14.3 Å². The van der Waals surface area contributed by atoms with Gasteiger partial charge in [-0.05, 0) is 33.1 Å². The van der Waals surface area contributed by atoms with E-state index < -0.39 is 11.5 Å². The zero-order valence-corrected chi connectivity index (χ0v) is 10.6. The second-order valence-electron chi connectivity index (χ2n) is 4.53. The Hall–Kier alpha value is -1.10. The standard InChI is InChI=1S/C12H21NO4/c1-3-17-9-6-10(14)13-8-5-4-7-12(13,2)11(15)16/h3-9H2,1-2H3,(H,15,16). The average molecular weight is 243 g/mol. The summed E-state index contributed by atoms with van der Waals surface area (Å²) in [5, 5.41) is 9.26. The van der Waals surface area contributed by atoms with Gasteiger partial charge in [-0.25, -0.2) is 4.79 Å². The van der Waals surface area contributed by atoms with Gasteiger partial charge in [0.2, 0.25) is 5.91 Å². The minimum atomic E-state index is -1.04. The van der Waals surface area contributed by atoms with Crippen LogP contribution in [0.2, 0.25) is 0 Å². The van der Waals surface area contributed by atoms with Gasteiger partial charge >= 0.3 is 5.97 Å². The number of piperidine rings is 1. The van der Waals surface area contributed by atoms with Gasteiger partial charge in [0.05, 0.1) is 13.0 Å². The van der Waals surface area contributed by atoms with Crippen molar-refractivity contribution in [3.8, 4) is 0 Å². The predicted octanol–water partition coefficient (Wildman–Crippen LogP) is 1.27. The van der Waals surface area contributed by atoms with E-state index in [2.05, 4.69) is 0 Å². The molecule has 1 heterocycles. The second kappa shape index (κ2) is 6.00. The van der Waals surface area contributed by atoms with Gasteiger partial charge in [-0.1, -0.05) is 0 Å². The predicted molar refractivity (Wildman–Crippen MR) is 62.7 cm³/mol. The number of likely N-dealkylation sites (tertiary alicyclic amines) is 1. The number of amides is 1. The number of aliphatic carboxylic acids is 1. The molecule has 0 spiro atoms. The number of carbonyl (C=O) groups excluding carboxylic acids is 1. The van der Waals surface area contributed by atoms with Crippen molar-refractivity contribution in [3.05, 3.63) is 0 Å². The molecule has 1 aliphatic rings. The summed E-state index contributed by atoms with van der Waals surface area (Å²) < 4.78 is 5.13. The van der Waals surface area contributed by atoms with Crippen molar-refractivity contribution in [1.82, 2.24) is 4.90 Å². The van der Waals surface area contributed by atoms with E-state index in [1.165, 1.54) is 4.90 Å². The van der Waals surface area contributed by atoms with Crippen LogP contribution in [0.5, 0.6) is 0 Å². The third kappa shape index (κ3) is 3.19. The number of hydrogen-bond donors (Lipinski definition) is 1. The fourth-order valence-electron chi connectivity index (χ4n) is 2.18. The van der Waals surface area contributed by atoms with Crippen LogP contribution >= 0.6 is 0 Å².